The number of nitrogens with zero attached hydrogens (tertiary/aromatic N) is 2. The molecule has 1 saturated carbocycles. The van der Waals surface area contributed by atoms with E-state index in [0.717, 1.165) is 18.5 Å². The average molecular weight is 376 g/mol. The molecule has 2 heterocycles. The number of anilines is 1. The van der Waals surface area contributed by atoms with E-state index in [1.54, 1.807) is 12.3 Å². The van der Waals surface area contributed by atoms with Gasteiger partial charge in [0, 0.05) is 29.6 Å². The van der Waals surface area contributed by atoms with Crippen LogP contribution in [0.4, 0.5) is 5.69 Å². The van der Waals surface area contributed by atoms with Crippen LogP contribution in [0.5, 0.6) is 0 Å². The molecule has 0 atom stereocenters. The Morgan fingerprint density at radius 2 is 1.86 bits per heavy atom. The normalized spacial score (nSPS) is 14.7. The van der Waals surface area contributed by atoms with E-state index >= 15 is 0 Å². The third-order valence-electron chi connectivity index (χ3n) is 5.19. The Hall–Kier alpha value is -3.15. The molecule has 0 radical (unpaired) electrons. The van der Waals surface area contributed by atoms with Gasteiger partial charge in [-0.1, -0.05) is 25.3 Å². The number of hydrogen-bond donors (Lipinski definition) is 2. The number of fused-ring (bicyclic) bond motifs is 1. The van der Waals surface area contributed by atoms with Crippen LogP contribution < -0.4 is 16.2 Å². The van der Waals surface area contributed by atoms with Crippen molar-refractivity contribution in [3.8, 4) is 0 Å². The molecule has 1 aliphatic carbocycles. The molecule has 1 amide bonds. The van der Waals surface area contributed by atoms with Crippen LogP contribution in [0.1, 0.15) is 48.2 Å². The minimum Gasteiger partial charge on any atom is -0.379 e. The summed E-state index contributed by atoms with van der Waals surface area (Å²) < 4.78 is 1.52. The SMILES string of the molecule is O=C(NC1CCCCC1)c1ccc(NCc2cc(=O)n3ccccc3n2)cc1. The number of hydrogen-bond acceptors (Lipinski definition) is 4. The predicted octanol–water partition coefficient (Wildman–Crippen LogP) is 3.37. The van der Waals surface area contributed by atoms with E-state index in [-0.39, 0.29) is 11.5 Å². The van der Waals surface area contributed by atoms with Gasteiger partial charge in [-0.2, -0.15) is 0 Å². The van der Waals surface area contributed by atoms with Crippen molar-refractivity contribution in [3.05, 3.63) is 76.3 Å². The minimum atomic E-state index is -0.0999. The Morgan fingerprint density at radius 1 is 1.07 bits per heavy atom. The quantitative estimate of drug-likeness (QED) is 0.716. The van der Waals surface area contributed by atoms with Crippen LogP contribution in [0.3, 0.4) is 0 Å². The van der Waals surface area contributed by atoms with E-state index in [0.29, 0.717) is 29.5 Å². The molecule has 3 aromatic rings. The van der Waals surface area contributed by atoms with Gasteiger partial charge in [0.25, 0.3) is 11.5 Å². The molecule has 4 rings (SSSR count). The van der Waals surface area contributed by atoms with Crippen LogP contribution >= 0.6 is 0 Å². The molecular formula is C22H24N4O2. The summed E-state index contributed by atoms with van der Waals surface area (Å²) in [6, 6.07) is 14.7. The highest BCUT2D eigenvalue weighted by Crippen LogP contribution is 2.18. The highest BCUT2D eigenvalue weighted by Gasteiger charge is 2.16. The Bertz CT molecular complexity index is 1020. The summed E-state index contributed by atoms with van der Waals surface area (Å²) in [4.78, 5) is 29.0. The van der Waals surface area contributed by atoms with E-state index in [1.807, 2.05) is 36.4 Å². The molecule has 0 saturated heterocycles. The fourth-order valence-corrected chi connectivity index (χ4v) is 3.64. The highest BCUT2D eigenvalue weighted by molar-refractivity contribution is 5.94. The Morgan fingerprint density at radius 3 is 2.64 bits per heavy atom. The third kappa shape index (κ3) is 4.22. The first-order valence-electron chi connectivity index (χ1n) is 9.81. The molecule has 2 N–H and O–H groups in total. The number of amides is 1. The first kappa shape index (κ1) is 18.2. The first-order valence-corrected chi connectivity index (χ1v) is 9.81. The van der Waals surface area contributed by atoms with Crippen molar-refractivity contribution < 1.29 is 4.79 Å². The second-order valence-electron chi connectivity index (χ2n) is 7.25. The number of nitrogens with one attached hydrogen (secondary N) is 2. The molecule has 6 nitrogen and oxygen atoms in total. The molecule has 0 unspecified atom stereocenters. The van der Waals surface area contributed by atoms with Crippen molar-refractivity contribution in [3.63, 3.8) is 0 Å². The summed E-state index contributed by atoms with van der Waals surface area (Å²) in [5.74, 6) is -0.0114. The summed E-state index contributed by atoms with van der Waals surface area (Å²) >= 11 is 0. The number of benzene rings is 1. The molecule has 1 fully saturated rings. The number of aromatic nitrogens is 2. The lowest BCUT2D eigenvalue weighted by Gasteiger charge is -2.22. The van der Waals surface area contributed by atoms with E-state index < -0.39 is 0 Å². The van der Waals surface area contributed by atoms with Gasteiger partial charge >= 0.3 is 0 Å². The Kier molecular flexibility index (Phi) is 5.37. The monoisotopic (exact) mass is 376 g/mol. The highest BCUT2D eigenvalue weighted by atomic mass is 16.1. The van der Waals surface area contributed by atoms with E-state index in [2.05, 4.69) is 15.6 Å². The molecule has 144 valence electrons. The molecular weight excluding hydrogens is 352 g/mol. The Labute approximate surface area is 163 Å². The lowest BCUT2D eigenvalue weighted by Crippen LogP contribution is -2.36. The van der Waals surface area contributed by atoms with E-state index in [9.17, 15) is 9.59 Å². The summed E-state index contributed by atoms with van der Waals surface area (Å²) in [6.45, 7) is 0.439. The summed E-state index contributed by atoms with van der Waals surface area (Å²) in [5, 5.41) is 6.39. The average Bonchev–Trinajstić information content (AvgIpc) is 2.73. The minimum absolute atomic E-state index is 0.0114. The molecule has 2 aromatic heterocycles. The predicted molar refractivity (Wildman–Crippen MR) is 110 cm³/mol. The molecule has 1 aliphatic rings. The maximum Gasteiger partial charge on any atom is 0.258 e. The van der Waals surface area contributed by atoms with Crippen LogP contribution in [0, 0.1) is 0 Å². The molecule has 28 heavy (non-hydrogen) atoms. The van der Waals surface area contributed by atoms with Crippen molar-refractivity contribution in [2.75, 3.05) is 5.32 Å². The smallest absolute Gasteiger partial charge is 0.258 e. The maximum atomic E-state index is 12.4. The largest absolute Gasteiger partial charge is 0.379 e. The van der Waals surface area contributed by atoms with Gasteiger partial charge in [-0.15, -0.1) is 0 Å². The molecule has 0 aliphatic heterocycles. The van der Waals surface area contributed by atoms with Crippen molar-refractivity contribution >= 4 is 17.2 Å². The Balaban J connectivity index is 1.38. The molecule has 0 spiro atoms. The second kappa shape index (κ2) is 8.25. The van der Waals surface area contributed by atoms with Crippen molar-refractivity contribution in [1.82, 2.24) is 14.7 Å². The van der Waals surface area contributed by atoms with Gasteiger partial charge < -0.3 is 10.6 Å². The van der Waals surface area contributed by atoms with Gasteiger partial charge in [0.2, 0.25) is 0 Å². The zero-order chi connectivity index (χ0) is 19.3. The zero-order valence-electron chi connectivity index (χ0n) is 15.7. The topological polar surface area (TPSA) is 75.5 Å². The van der Waals surface area contributed by atoms with Gasteiger partial charge in [-0.05, 0) is 49.2 Å². The second-order valence-corrected chi connectivity index (χ2v) is 7.25. The van der Waals surface area contributed by atoms with Crippen LogP contribution in [-0.2, 0) is 6.54 Å². The van der Waals surface area contributed by atoms with Crippen LogP contribution in [-0.4, -0.2) is 21.3 Å². The first-order chi connectivity index (χ1) is 13.7. The third-order valence-corrected chi connectivity index (χ3v) is 5.19. The van der Waals surface area contributed by atoms with Crippen LogP contribution in [0.2, 0.25) is 0 Å². The fraction of sp³-hybridized carbons (Fsp3) is 0.318. The zero-order valence-corrected chi connectivity index (χ0v) is 15.7. The van der Waals surface area contributed by atoms with Gasteiger partial charge in [0.05, 0.1) is 12.2 Å². The molecule has 6 heteroatoms. The number of rotatable bonds is 5. The van der Waals surface area contributed by atoms with Crippen molar-refractivity contribution in [2.45, 2.75) is 44.7 Å². The summed E-state index contributed by atoms with van der Waals surface area (Å²) in [7, 11) is 0. The molecule has 0 bridgehead atoms. The lowest BCUT2D eigenvalue weighted by atomic mass is 9.95. The standard InChI is InChI=1S/C22H24N4O2/c27-21-14-19(24-20-8-4-5-13-26(20)21)15-23-17-11-9-16(10-12-17)22(28)25-18-6-2-1-3-7-18/h4-5,8-14,18,23H,1-3,6-7,15H2,(H,25,28). The summed E-state index contributed by atoms with van der Waals surface area (Å²) in [5.41, 5.74) is 2.75. The van der Waals surface area contributed by atoms with Crippen molar-refractivity contribution in [1.29, 1.82) is 0 Å². The number of pyridine rings is 1. The van der Waals surface area contributed by atoms with E-state index in [4.69, 9.17) is 0 Å². The van der Waals surface area contributed by atoms with Gasteiger partial charge in [0.15, 0.2) is 0 Å². The van der Waals surface area contributed by atoms with Crippen LogP contribution in [0.15, 0.2) is 59.5 Å². The van der Waals surface area contributed by atoms with Gasteiger partial charge in [-0.25, -0.2) is 4.98 Å². The van der Waals surface area contributed by atoms with E-state index in [1.165, 1.54) is 29.7 Å². The van der Waals surface area contributed by atoms with Crippen molar-refractivity contribution in [2.24, 2.45) is 0 Å². The summed E-state index contributed by atoms with van der Waals surface area (Å²) in [6.07, 6.45) is 7.51. The maximum absolute atomic E-state index is 12.4. The lowest BCUT2D eigenvalue weighted by molar-refractivity contribution is 0.0927. The fourth-order valence-electron chi connectivity index (χ4n) is 3.64. The van der Waals surface area contributed by atoms with Gasteiger partial charge in [0.1, 0.15) is 5.65 Å². The van der Waals surface area contributed by atoms with Crippen LogP contribution in [0.25, 0.3) is 5.65 Å². The van der Waals surface area contributed by atoms with Gasteiger partial charge in [-0.3, -0.25) is 14.0 Å². The molecule has 1 aromatic carbocycles. The number of carbonyl (C=O) groups is 1. The number of carbonyl (C=O) groups excluding carboxylic acids is 1.